The molecule has 4 rings (SSSR count). The van der Waals surface area contributed by atoms with E-state index in [0.717, 1.165) is 5.56 Å². The van der Waals surface area contributed by atoms with Crippen LogP contribution in [0.1, 0.15) is 23.0 Å². The largest absolute Gasteiger partial charge is 0.490 e. The summed E-state index contributed by atoms with van der Waals surface area (Å²) in [5.41, 5.74) is 1.69. The van der Waals surface area contributed by atoms with E-state index in [9.17, 15) is 9.18 Å². The normalized spacial score (nSPS) is 10.8. The molecule has 32 heavy (non-hydrogen) atoms. The highest BCUT2D eigenvalue weighted by Crippen LogP contribution is 2.31. The highest BCUT2D eigenvalue weighted by molar-refractivity contribution is 8.00. The molecule has 2 aromatic heterocycles. The highest BCUT2D eigenvalue weighted by Gasteiger charge is 2.20. The Morgan fingerprint density at radius 1 is 1.22 bits per heavy atom. The van der Waals surface area contributed by atoms with Crippen molar-refractivity contribution in [1.29, 1.82) is 0 Å². The second kappa shape index (κ2) is 10.1. The first kappa shape index (κ1) is 22.3. The van der Waals surface area contributed by atoms with Crippen LogP contribution in [0.3, 0.4) is 0 Å². The van der Waals surface area contributed by atoms with Crippen LogP contribution in [0.25, 0.3) is 5.69 Å². The summed E-state index contributed by atoms with van der Waals surface area (Å²) in [6, 6.07) is 13.4. The minimum atomic E-state index is -0.479. The maximum atomic E-state index is 13.2. The number of carbonyl (C=O) groups excluding carboxylic acids is 1. The van der Waals surface area contributed by atoms with Crippen molar-refractivity contribution in [3.8, 4) is 11.4 Å². The maximum Gasteiger partial charge on any atom is 0.281 e. The molecule has 0 aliphatic carbocycles. The summed E-state index contributed by atoms with van der Waals surface area (Å²) in [5, 5.41) is 16.2. The first-order valence-corrected chi connectivity index (χ1v) is 11.7. The van der Waals surface area contributed by atoms with Crippen molar-refractivity contribution in [2.24, 2.45) is 0 Å². The van der Waals surface area contributed by atoms with Gasteiger partial charge in [0, 0.05) is 10.8 Å². The van der Waals surface area contributed by atoms with Gasteiger partial charge in [-0.1, -0.05) is 52.9 Å². The molecule has 0 atom stereocenters. The maximum absolute atomic E-state index is 13.2. The first-order chi connectivity index (χ1) is 15.5. The number of thioether (sulfide) groups is 1. The van der Waals surface area contributed by atoms with Gasteiger partial charge in [0.15, 0.2) is 15.8 Å². The number of nitrogens with zero attached hydrogens (tertiary/aromatic N) is 4. The van der Waals surface area contributed by atoms with Gasteiger partial charge in [-0.3, -0.25) is 10.1 Å². The molecule has 0 spiro atoms. The highest BCUT2D eigenvalue weighted by atomic mass is 35.5. The number of rotatable bonds is 8. The molecule has 4 aromatic rings. The van der Waals surface area contributed by atoms with Gasteiger partial charge < -0.3 is 4.74 Å². The van der Waals surface area contributed by atoms with Crippen LogP contribution in [0.4, 0.5) is 9.52 Å². The Labute approximate surface area is 196 Å². The zero-order chi connectivity index (χ0) is 22.5. The molecule has 0 bridgehead atoms. The fourth-order valence-corrected chi connectivity index (χ4v) is 4.77. The summed E-state index contributed by atoms with van der Waals surface area (Å²) in [5.74, 6) is 0.113. The van der Waals surface area contributed by atoms with Crippen LogP contribution in [0.5, 0.6) is 5.75 Å². The monoisotopic (exact) mass is 489 g/mol. The number of hydrogen-bond acceptors (Lipinski definition) is 7. The van der Waals surface area contributed by atoms with Gasteiger partial charge in [-0.05, 0) is 42.8 Å². The average molecular weight is 490 g/mol. The Balaban J connectivity index is 1.46. The van der Waals surface area contributed by atoms with Crippen LogP contribution < -0.4 is 10.1 Å². The SMILES string of the molecule is CCOc1cn(-c2ccc(F)cc2)nc1C(=O)Nc1nnc(SCc2ccccc2Cl)s1. The van der Waals surface area contributed by atoms with Gasteiger partial charge in [0.25, 0.3) is 5.91 Å². The van der Waals surface area contributed by atoms with E-state index in [1.54, 1.807) is 18.3 Å². The van der Waals surface area contributed by atoms with Gasteiger partial charge in [-0.2, -0.15) is 5.10 Å². The summed E-state index contributed by atoms with van der Waals surface area (Å²) in [6.07, 6.45) is 1.58. The van der Waals surface area contributed by atoms with E-state index in [4.69, 9.17) is 16.3 Å². The fraction of sp³-hybridized carbons (Fsp3) is 0.143. The summed E-state index contributed by atoms with van der Waals surface area (Å²) >= 11 is 8.92. The van der Waals surface area contributed by atoms with Crippen LogP contribution in [-0.2, 0) is 5.75 Å². The van der Waals surface area contributed by atoms with Crippen LogP contribution in [0.15, 0.2) is 59.1 Å². The number of halogens is 2. The van der Waals surface area contributed by atoms with E-state index in [2.05, 4.69) is 20.6 Å². The predicted molar refractivity (Wildman–Crippen MR) is 124 cm³/mol. The van der Waals surface area contributed by atoms with Crippen molar-refractivity contribution in [3.63, 3.8) is 0 Å². The van der Waals surface area contributed by atoms with Crippen LogP contribution in [-0.4, -0.2) is 32.5 Å². The molecule has 1 amide bonds. The van der Waals surface area contributed by atoms with Crippen molar-refractivity contribution >= 4 is 45.7 Å². The van der Waals surface area contributed by atoms with Crippen LogP contribution >= 0.6 is 34.7 Å². The van der Waals surface area contributed by atoms with E-state index in [1.807, 2.05) is 31.2 Å². The third-order valence-corrected chi connectivity index (χ3v) is 6.61. The minimum Gasteiger partial charge on any atom is -0.490 e. The van der Waals surface area contributed by atoms with Gasteiger partial charge in [0.1, 0.15) is 5.82 Å². The molecular formula is C21H17ClFN5O2S2. The number of anilines is 1. The smallest absolute Gasteiger partial charge is 0.281 e. The molecule has 7 nitrogen and oxygen atoms in total. The van der Waals surface area contributed by atoms with Crippen molar-refractivity contribution in [2.75, 3.05) is 11.9 Å². The third-order valence-electron chi connectivity index (χ3n) is 4.22. The predicted octanol–water partition coefficient (Wildman–Crippen LogP) is 5.46. The number of amides is 1. The Hall–Kier alpha value is -2.95. The quantitative estimate of drug-likeness (QED) is 0.261. The number of nitrogens with one attached hydrogen (secondary N) is 1. The van der Waals surface area contributed by atoms with E-state index in [1.165, 1.54) is 39.9 Å². The molecular weight excluding hydrogens is 473 g/mol. The van der Waals surface area contributed by atoms with E-state index in [0.29, 0.717) is 38.3 Å². The van der Waals surface area contributed by atoms with E-state index < -0.39 is 5.91 Å². The minimum absolute atomic E-state index is 0.0941. The van der Waals surface area contributed by atoms with Gasteiger partial charge >= 0.3 is 0 Å². The second-order valence-corrected chi connectivity index (χ2v) is 9.01. The zero-order valence-corrected chi connectivity index (χ0v) is 19.2. The van der Waals surface area contributed by atoms with Crippen molar-refractivity contribution in [1.82, 2.24) is 20.0 Å². The lowest BCUT2D eigenvalue weighted by Crippen LogP contribution is -2.14. The molecule has 0 saturated carbocycles. The Kier molecular flexibility index (Phi) is 7.03. The molecule has 0 aliphatic heterocycles. The molecule has 2 heterocycles. The number of benzene rings is 2. The molecule has 0 radical (unpaired) electrons. The number of ether oxygens (including phenoxy) is 1. The molecule has 164 valence electrons. The molecule has 11 heteroatoms. The first-order valence-electron chi connectivity index (χ1n) is 9.53. The Morgan fingerprint density at radius 3 is 2.75 bits per heavy atom. The van der Waals surface area contributed by atoms with Gasteiger partial charge in [-0.25, -0.2) is 9.07 Å². The Bertz CT molecular complexity index is 1230. The van der Waals surface area contributed by atoms with Crippen LogP contribution in [0, 0.1) is 5.82 Å². The van der Waals surface area contributed by atoms with Crippen molar-refractivity contribution in [2.45, 2.75) is 17.0 Å². The van der Waals surface area contributed by atoms with Crippen LogP contribution in [0.2, 0.25) is 5.02 Å². The summed E-state index contributed by atoms with van der Waals surface area (Å²) in [7, 11) is 0. The third kappa shape index (κ3) is 5.26. The molecule has 0 unspecified atom stereocenters. The average Bonchev–Trinajstić information content (AvgIpc) is 3.41. The summed E-state index contributed by atoms with van der Waals surface area (Å²) < 4.78 is 20.9. The van der Waals surface area contributed by atoms with Crippen molar-refractivity contribution < 1.29 is 13.9 Å². The summed E-state index contributed by atoms with van der Waals surface area (Å²) in [4.78, 5) is 12.8. The fourth-order valence-electron chi connectivity index (χ4n) is 2.73. The molecule has 0 fully saturated rings. The number of hydrogen-bond donors (Lipinski definition) is 1. The zero-order valence-electron chi connectivity index (χ0n) is 16.8. The van der Waals surface area contributed by atoms with Crippen molar-refractivity contribution in [3.05, 3.63) is 76.8 Å². The standard InChI is InChI=1S/C21H17ClFN5O2S2/c1-2-30-17-11-28(15-9-7-14(23)8-10-15)27-18(17)19(29)24-20-25-26-21(32-20)31-12-13-5-3-4-6-16(13)22/h3-11H,2,12H2,1H3,(H,24,25,29). The van der Waals surface area contributed by atoms with E-state index >= 15 is 0 Å². The van der Waals surface area contributed by atoms with Gasteiger partial charge in [-0.15, -0.1) is 10.2 Å². The van der Waals surface area contributed by atoms with Gasteiger partial charge in [0.05, 0.1) is 18.5 Å². The lowest BCUT2D eigenvalue weighted by molar-refractivity contribution is 0.101. The molecule has 0 aliphatic rings. The number of aromatic nitrogens is 4. The second-order valence-electron chi connectivity index (χ2n) is 6.40. The number of carbonyl (C=O) groups is 1. The topological polar surface area (TPSA) is 81.9 Å². The molecule has 2 aromatic carbocycles. The lowest BCUT2D eigenvalue weighted by atomic mass is 10.2. The van der Waals surface area contributed by atoms with E-state index in [-0.39, 0.29) is 11.5 Å². The summed E-state index contributed by atoms with van der Waals surface area (Å²) in [6.45, 7) is 2.17. The molecule has 1 N–H and O–H groups in total. The molecule has 0 saturated heterocycles. The Morgan fingerprint density at radius 2 is 2.00 bits per heavy atom. The lowest BCUT2D eigenvalue weighted by Gasteiger charge is -2.02. The van der Waals surface area contributed by atoms with Gasteiger partial charge in [0.2, 0.25) is 5.13 Å².